The second kappa shape index (κ2) is 9.07. The van der Waals surface area contributed by atoms with Crippen LogP contribution in [0.1, 0.15) is 24.2 Å². The van der Waals surface area contributed by atoms with Gasteiger partial charge in [0.2, 0.25) is 0 Å². The van der Waals surface area contributed by atoms with Crippen molar-refractivity contribution in [1.29, 1.82) is 0 Å². The first kappa shape index (κ1) is 21.0. The van der Waals surface area contributed by atoms with E-state index in [2.05, 4.69) is 10.0 Å². The number of sulfonamides is 1. The molecule has 0 aliphatic rings. The van der Waals surface area contributed by atoms with Crippen molar-refractivity contribution >= 4 is 39.0 Å². The van der Waals surface area contributed by atoms with Gasteiger partial charge in [-0.2, -0.15) is 0 Å². The SMILES string of the molecule is CC(C)OC(=O)c1ccc(NCCO)c(S(=O)(=O)Nc2ccc(Cl)cc2)c1. The quantitative estimate of drug-likeness (QED) is 0.575. The second-order valence-electron chi connectivity index (χ2n) is 5.93. The van der Waals surface area contributed by atoms with Crippen LogP contribution in [0.3, 0.4) is 0 Å². The lowest BCUT2D eigenvalue weighted by atomic mass is 10.2. The zero-order chi connectivity index (χ0) is 20.0. The standard InChI is InChI=1S/C18H21ClN2O5S/c1-12(2)26-18(23)13-3-8-16(20-9-10-22)17(11-13)27(24,25)21-15-6-4-14(19)5-7-15/h3-8,11-12,20-22H,9-10H2,1-2H3. The number of nitrogens with one attached hydrogen (secondary N) is 2. The molecule has 2 rings (SSSR count). The lowest BCUT2D eigenvalue weighted by Crippen LogP contribution is -2.18. The lowest BCUT2D eigenvalue weighted by Gasteiger charge is -2.15. The molecule has 0 saturated carbocycles. The monoisotopic (exact) mass is 412 g/mol. The van der Waals surface area contributed by atoms with Gasteiger partial charge in [-0.1, -0.05) is 11.6 Å². The van der Waals surface area contributed by atoms with Crippen LogP contribution in [0.15, 0.2) is 47.4 Å². The Labute approximate surface area is 163 Å². The summed E-state index contributed by atoms with van der Waals surface area (Å²) < 4.78 is 33.3. The van der Waals surface area contributed by atoms with Gasteiger partial charge in [0.05, 0.1) is 24.0 Å². The largest absolute Gasteiger partial charge is 0.459 e. The highest BCUT2D eigenvalue weighted by molar-refractivity contribution is 7.92. The van der Waals surface area contributed by atoms with Crippen molar-refractivity contribution in [3.8, 4) is 0 Å². The number of benzene rings is 2. The highest BCUT2D eigenvalue weighted by Gasteiger charge is 2.22. The maximum absolute atomic E-state index is 12.9. The van der Waals surface area contributed by atoms with Gasteiger partial charge in [-0.15, -0.1) is 0 Å². The third-order valence-corrected chi connectivity index (χ3v) is 5.05. The molecule has 0 aromatic heterocycles. The van der Waals surface area contributed by atoms with Crippen molar-refractivity contribution in [1.82, 2.24) is 0 Å². The maximum Gasteiger partial charge on any atom is 0.338 e. The zero-order valence-corrected chi connectivity index (χ0v) is 16.5. The van der Waals surface area contributed by atoms with Gasteiger partial charge in [-0.05, 0) is 56.3 Å². The summed E-state index contributed by atoms with van der Waals surface area (Å²) in [5.41, 5.74) is 0.684. The molecule has 0 bridgehead atoms. The number of carbonyl (C=O) groups excluding carboxylic acids is 1. The molecule has 0 saturated heterocycles. The van der Waals surface area contributed by atoms with Gasteiger partial charge in [0, 0.05) is 17.3 Å². The minimum absolute atomic E-state index is 0.106. The molecular weight excluding hydrogens is 392 g/mol. The summed E-state index contributed by atoms with van der Waals surface area (Å²) in [4.78, 5) is 12.0. The van der Waals surface area contributed by atoms with E-state index >= 15 is 0 Å². The molecule has 0 heterocycles. The molecule has 9 heteroatoms. The normalized spacial score (nSPS) is 11.3. The number of halogens is 1. The summed E-state index contributed by atoms with van der Waals surface area (Å²) in [5, 5.41) is 12.3. The van der Waals surface area contributed by atoms with E-state index in [-0.39, 0.29) is 35.4 Å². The van der Waals surface area contributed by atoms with Gasteiger partial charge in [0.1, 0.15) is 4.90 Å². The minimum Gasteiger partial charge on any atom is -0.459 e. The number of hydrogen-bond acceptors (Lipinski definition) is 6. The van der Waals surface area contributed by atoms with Gasteiger partial charge in [0.15, 0.2) is 0 Å². The van der Waals surface area contributed by atoms with Gasteiger partial charge >= 0.3 is 5.97 Å². The van der Waals surface area contributed by atoms with Crippen LogP contribution in [0.4, 0.5) is 11.4 Å². The fourth-order valence-electron chi connectivity index (χ4n) is 2.22. The molecule has 0 amide bonds. The third-order valence-electron chi connectivity index (χ3n) is 3.37. The first-order valence-electron chi connectivity index (χ1n) is 8.21. The van der Waals surface area contributed by atoms with Crippen LogP contribution < -0.4 is 10.0 Å². The van der Waals surface area contributed by atoms with Crippen LogP contribution >= 0.6 is 11.6 Å². The maximum atomic E-state index is 12.9. The molecule has 3 N–H and O–H groups in total. The molecule has 7 nitrogen and oxygen atoms in total. The highest BCUT2D eigenvalue weighted by atomic mass is 35.5. The van der Waals surface area contributed by atoms with E-state index in [9.17, 15) is 13.2 Å². The zero-order valence-electron chi connectivity index (χ0n) is 14.9. The Kier molecular flexibility index (Phi) is 7.06. The van der Waals surface area contributed by atoms with Gasteiger partial charge in [-0.3, -0.25) is 4.72 Å². The molecule has 2 aromatic carbocycles. The molecule has 0 unspecified atom stereocenters. The molecule has 0 radical (unpaired) electrons. The average Bonchev–Trinajstić information content (AvgIpc) is 2.61. The summed E-state index contributed by atoms with van der Waals surface area (Å²) in [7, 11) is -4.02. The van der Waals surface area contributed by atoms with Crippen LogP contribution in [0, 0.1) is 0 Å². The first-order chi connectivity index (χ1) is 12.7. The Morgan fingerprint density at radius 3 is 2.44 bits per heavy atom. The van der Waals surface area contributed by atoms with Crippen LogP contribution in [0.5, 0.6) is 0 Å². The van der Waals surface area contributed by atoms with Crippen molar-refractivity contribution in [2.24, 2.45) is 0 Å². The van der Waals surface area contributed by atoms with Gasteiger partial charge in [0.25, 0.3) is 10.0 Å². The van der Waals surface area contributed by atoms with Crippen LogP contribution in [0.25, 0.3) is 0 Å². The number of esters is 1. The molecule has 0 aliphatic carbocycles. The van der Waals surface area contributed by atoms with E-state index in [1.54, 1.807) is 26.0 Å². The number of carbonyl (C=O) groups is 1. The summed E-state index contributed by atoms with van der Waals surface area (Å²) in [6.07, 6.45) is -0.336. The molecule has 0 atom stereocenters. The Bertz CT molecular complexity index is 898. The molecule has 2 aromatic rings. The number of hydrogen-bond donors (Lipinski definition) is 3. The first-order valence-corrected chi connectivity index (χ1v) is 10.1. The molecule has 0 spiro atoms. The van der Waals surface area contributed by atoms with E-state index in [4.69, 9.17) is 21.4 Å². The second-order valence-corrected chi connectivity index (χ2v) is 8.02. The minimum atomic E-state index is -4.02. The van der Waals surface area contributed by atoms with Crippen molar-refractivity contribution in [2.45, 2.75) is 24.8 Å². The Morgan fingerprint density at radius 1 is 1.19 bits per heavy atom. The molecule has 0 aliphatic heterocycles. The van der Waals surface area contributed by atoms with Crippen LogP contribution in [-0.2, 0) is 14.8 Å². The lowest BCUT2D eigenvalue weighted by molar-refractivity contribution is 0.0377. The summed E-state index contributed by atoms with van der Waals surface area (Å²) in [6.45, 7) is 3.38. The van der Waals surface area contributed by atoms with E-state index < -0.39 is 16.0 Å². The fourth-order valence-corrected chi connectivity index (χ4v) is 3.61. The predicted octanol–water partition coefficient (Wildman–Crippen LogP) is 3.11. The smallest absolute Gasteiger partial charge is 0.338 e. The highest BCUT2D eigenvalue weighted by Crippen LogP contribution is 2.26. The van der Waals surface area contributed by atoms with E-state index in [0.29, 0.717) is 10.7 Å². The summed E-state index contributed by atoms with van der Waals surface area (Å²) in [6, 6.07) is 10.3. The number of ether oxygens (including phenoxy) is 1. The third kappa shape index (κ3) is 5.85. The predicted molar refractivity (Wildman–Crippen MR) is 105 cm³/mol. The number of rotatable bonds is 8. The van der Waals surface area contributed by atoms with Crippen molar-refractivity contribution in [3.63, 3.8) is 0 Å². The summed E-state index contributed by atoms with van der Waals surface area (Å²) in [5.74, 6) is -0.623. The van der Waals surface area contributed by atoms with Crippen molar-refractivity contribution < 1.29 is 23.1 Å². The number of anilines is 2. The number of aliphatic hydroxyl groups is 1. The molecular formula is C18H21ClN2O5S. The number of aliphatic hydroxyl groups excluding tert-OH is 1. The molecule has 0 fully saturated rings. The van der Waals surface area contributed by atoms with Crippen molar-refractivity contribution in [3.05, 3.63) is 53.1 Å². The Hall–Kier alpha value is -2.29. The molecule has 27 heavy (non-hydrogen) atoms. The van der Waals surface area contributed by atoms with E-state index in [0.717, 1.165) is 0 Å². The van der Waals surface area contributed by atoms with Gasteiger partial charge in [-0.25, -0.2) is 13.2 Å². The van der Waals surface area contributed by atoms with E-state index in [1.807, 2.05) is 0 Å². The van der Waals surface area contributed by atoms with Gasteiger partial charge < -0.3 is 15.2 Å². The Morgan fingerprint density at radius 2 is 1.85 bits per heavy atom. The average molecular weight is 413 g/mol. The Balaban J connectivity index is 2.42. The topological polar surface area (TPSA) is 105 Å². The van der Waals surface area contributed by atoms with Crippen molar-refractivity contribution in [2.75, 3.05) is 23.2 Å². The fraction of sp³-hybridized carbons (Fsp3) is 0.278. The van der Waals surface area contributed by atoms with Crippen LogP contribution in [0.2, 0.25) is 5.02 Å². The summed E-state index contributed by atoms with van der Waals surface area (Å²) >= 11 is 5.82. The molecule has 146 valence electrons. The van der Waals surface area contributed by atoms with Crippen LogP contribution in [-0.4, -0.2) is 38.7 Å². The van der Waals surface area contributed by atoms with E-state index in [1.165, 1.54) is 30.3 Å².